The van der Waals surface area contributed by atoms with Gasteiger partial charge in [-0.2, -0.15) is 0 Å². The van der Waals surface area contributed by atoms with Crippen LogP contribution in [-0.4, -0.2) is 58.8 Å². The normalized spacial score (nSPS) is 18.7. The molecule has 2 amide bonds. The summed E-state index contributed by atoms with van der Waals surface area (Å²) in [5.41, 5.74) is 5.87. The molecule has 2 heterocycles. The molecule has 0 bridgehead atoms. The molecule has 1 aliphatic heterocycles. The number of nitrogens with zero attached hydrogens (tertiary/aromatic N) is 3. The molecule has 1 aliphatic carbocycles. The van der Waals surface area contributed by atoms with E-state index in [9.17, 15) is 9.59 Å². The van der Waals surface area contributed by atoms with Crippen LogP contribution in [0.3, 0.4) is 0 Å². The Labute approximate surface area is 127 Å². The van der Waals surface area contributed by atoms with E-state index in [0.717, 1.165) is 18.0 Å². The van der Waals surface area contributed by atoms with Crippen molar-refractivity contribution in [2.45, 2.75) is 25.8 Å². The molecule has 1 saturated carbocycles. The van der Waals surface area contributed by atoms with Gasteiger partial charge < -0.3 is 20.9 Å². The SMILES string of the molecule is CC(=O)N1CCN(C(=O)c2sc(NC3CC3)nc2N)CC1. The smallest absolute Gasteiger partial charge is 0.267 e. The van der Waals surface area contributed by atoms with Gasteiger partial charge in [-0.25, -0.2) is 4.98 Å². The maximum Gasteiger partial charge on any atom is 0.267 e. The monoisotopic (exact) mass is 309 g/mol. The second-order valence-electron chi connectivity index (χ2n) is 5.45. The first kappa shape index (κ1) is 14.1. The van der Waals surface area contributed by atoms with Gasteiger partial charge in [0, 0.05) is 39.1 Å². The highest BCUT2D eigenvalue weighted by Gasteiger charge is 2.28. The molecule has 114 valence electrons. The van der Waals surface area contributed by atoms with Gasteiger partial charge in [0.15, 0.2) is 5.13 Å². The molecule has 0 aromatic carbocycles. The number of nitrogens with one attached hydrogen (secondary N) is 1. The highest BCUT2D eigenvalue weighted by atomic mass is 32.1. The van der Waals surface area contributed by atoms with Gasteiger partial charge in [0.1, 0.15) is 10.7 Å². The fourth-order valence-corrected chi connectivity index (χ4v) is 3.25. The average Bonchev–Trinajstić information content (AvgIpc) is 3.20. The van der Waals surface area contributed by atoms with Gasteiger partial charge in [0.25, 0.3) is 5.91 Å². The third-order valence-corrected chi connectivity index (χ3v) is 4.76. The number of hydrogen-bond donors (Lipinski definition) is 2. The molecule has 1 aromatic heterocycles. The zero-order valence-corrected chi connectivity index (χ0v) is 12.8. The molecule has 0 unspecified atom stereocenters. The Bertz CT molecular complexity index is 561. The average molecular weight is 309 g/mol. The van der Waals surface area contributed by atoms with Crippen LogP contribution in [0, 0.1) is 0 Å². The molecule has 21 heavy (non-hydrogen) atoms. The van der Waals surface area contributed by atoms with Crippen molar-refractivity contribution in [1.82, 2.24) is 14.8 Å². The van der Waals surface area contributed by atoms with E-state index in [-0.39, 0.29) is 11.8 Å². The lowest BCUT2D eigenvalue weighted by molar-refractivity contribution is -0.130. The molecule has 3 N–H and O–H groups in total. The van der Waals surface area contributed by atoms with Crippen molar-refractivity contribution in [3.05, 3.63) is 4.88 Å². The van der Waals surface area contributed by atoms with Crippen molar-refractivity contribution in [3.63, 3.8) is 0 Å². The number of piperazine rings is 1. The Hall–Kier alpha value is -1.83. The maximum atomic E-state index is 12.5. The number of nitrogens with two attached hydrogens (primary N) is 1. The van der Waals surface area contributed by atoms with Gasteiger partial charge in [-0.15, -0.1) is 0 Å². The summed E-state index contributed by atoms with van der Waals surface area (Å²) in [6, 6.07) is 0.484. The van der Waals surface area contributed by atoms with E-state index in [2.05, 4.69) is 10.3 Å². The molecule has 2 aliphatic rings. The number of aromatic nitrogens is 1. The number of anilines is 2. The van der Waals surface area contributed by atoms with E-state index < -0.39 is 0 Å². The Balaban J connectivity index is 1.65. The number of carbonyl (C=O) groups excluding carboxylic acids is 2. The molecule has 1 saturated heterocycles. The second kappa shape index (κ2) is 5.51. The minimum absolute atomic E-state index is 0.0512. The van der Waals surface area contributed by atoms with Gasteiger partial charge in [-0.05, 0) is 12.8 Å². The quantitative estimate of drug-likeness (QED) is 0.853. The van der Waals surface area contributed by atoms with Crippen LogP contribution in [0.25, 0.3) is 0 Å². The fraction of sp³-hybridized carbons (Fsp3) is 0.615. The summed E-state index contributed by atoms with van der Waals surface area (Å²) >= 11 is 1.32. The predicted molar refractivity (Wildman–Crippen MR) is 81.3 cm³/mol. The fourth-order valence-electron chi connectivity index (χ4n) is 2.32. The largest absolute Gasteiger partial charge is 0.382 e. The van der Waals surface area contributed by atoms with Crippen LogP contribution in [-0.2, 0) is 4.79 Å². The lowest BCUT2D eigenvalue weighted by atomic mass is 10.3. The third kappa shape index (κ3) is 3.10. The molecule has 0 atom stereocenters. The van der Waals surface area contributed by atoms with Crippen LogP contribution >= 0.6 is 11.3 Å². The molecule has 3 rings (SSSR count). The topological polar surface area (TPSA) is 91.6 Å². The maximum absolute atomic E-state index is 12.5. The van der Waals surface area contributed by atoms with Crippen LogP contribution in [0.4, 0.5) is 10.9 Å². The Morgan fingerprint density at radius 3 is 2.43 bits per heavy atom. The number of amides is 2. The van der Waals surface area contributed by atoms with Crippen LogP contribution < -0.4 is 11.1 Å². The summed E-state index contributed by atoms with van der Waals surface area (Å²) in [7, 11) is 0. The number of thiazole rings is 1. The molecular formula is C13H19N5O2S. The highest BCUT2D eigenvalue weighted by molar-refractivity contribution is 7.18. The first-order valence-electron chi connectivity index (χ1n) is 7.12. The Kier molecular flexibility index (Phi) is 3.71. The molecule has 0 radical (unpaired) electrons. The minimum Gasteiger partial charge on any atom is -0.382 e. The van der Waals surface area contributed by atoms with Crippen LogP contribution in [0.5, 0.6) is 0 Å². The van der Waals surface area contributed by atoms with E-state index in [4.69, 9.17) is 5.73 Å². The van der Waals surface area contributed by atoms with Crippen molar-refractivity contribution in [2.24, 2.45) is 0 Å². The molecule has 1 aromatic rings. The van der Waals surface area contributed by atoms with Gasteiger partial charge in [-0.1, -0.05) is 11.3 Å². The zero-order valence-electron chi connectivity index (χ0n) is 12.0. The van der Waals surface area contributed by atoms with Gasteiger partial charge in [0.2, 0.25) is 5.91 Å². The number of hydrogen-bond acceptors (Lipinski definition) is 6. The van der Waals surface area contributed by atoms with Crippen molar-refractivity contribution in [1.29, 1.82) is 0 Å². The lowest BCUT2D eigenvalue weighted by Gasteiger charge is -2.33. The van der Waals surface area contributed by atoms with Gasteiger partial charge in [0.05, 0.1) is 0 Å². The van der Waals surface area contributed by atoms with E-state index >= 15 is 0 Å². The summed E-state index contributed by atoms with van der Waals surface area (Å²) in [6.45, 7) is 3.79. The van der Waals surface area contributed by atoms with E-state index in [1.165, 1.54) is 11.3 Å². The van der Waals surface area contributed by atoms with Gasteiger partial charge in [-0.3, -0.25) is 9.59 Å². The highest BCUT2D eigenvalue weighted by Crippen LogP contribution is 2.31. The van der Waals surface area contributed by atoms with Crippen molar-refractivity contribution >= 4 is 34.1 Å². The molecule has 7 nitrogen and oxygen atoms in total. The summed E-state index contributed by atoms with van der Waals surface area (Å²) in [5.74, 6) is 0.259. The molecule has 0 spiro atoms. The van der Waals surface area contributed by atoms with Crippen LogP contribution in [0.15, 0.2) is 0 Å². The van der Waals surface area contributed by atoms with E-state index in [0.29, 0.717) is 42.9 Å². The first-order chi connectivity index (χ1) is 10.0. The molecular weight excluding hydrogens is 290 g/mol. The van der Waals surface area contributed by atoms with Crippen molar-refractivity contribution in [3.8, 4) is 0 Å². The number of rotatable bonds is 3. The number of nitrogen functional groups attached to an aromatic ring is 1. The van der Waals surface area contributed by atoms with Crippen LogP contribution in [0.2, 0.25) is 0 Å². The predicted octanol–water partition coefficient (Wildman–Crippen LogP) is 0.604. The van der Waals surface area contributed by atoms with E-state index in [1.54, 1.807) is 16.7 Å². The van der Waals surface area contributed by atoms with Gasteiger partial charge >= 0.3 is 0 Å². The molecule has 8 heteroatoms. The zero-order chi connectivity index (χ0) is 15.0. The standard InChI is InChI=1S/C13H19N5O2S/c1-8(19)17-4-6-18(7-5-17)12(20)10-11(14)16-13(21-10)15-9-2-3-9/h9H,2-7,14H2,1H3,(H,15,16). The Morgan fingerprint density at radius 1 is 1.24 bits per heavy atom. The number of carbonyl (C=O) groups is 2. The molecule has 2 fully saturated rings. The lowest BCUT2D eigenvalue weighted by Crippen LogP contribution is -2.50. The summed E-state index contributed by atoms with van der Waals surface area (Å²) < 4.78 is 0. The minimum atomic E-state index is -0.0861. The van der Waals surface area contributed by atoms with Crippen molar-refractivity contribution < 1.29 is 9.59 Å². The Morgan fingerprint density at radius 2 is 1.86 bits per heavy atom. The summed E-state index contributed by atoms with van der Waals surface area (Å²) in [5, 5.41) is 3.98. The third-order valence-electron chi connectivity index (χ3n) is 3.76. The van der Waals surface area contributed by atoms with Crippen LogP contribution in [0.1, 0.15) is 29.4 Å². The second-order valence-corrected chi connectivity index (χ2v) is 6.45. The summed E-state index contributed by atoms with van der Waals surface area (Å²) in [6.07, 6.45) is 2.30. The van der Waals surface area contributed by atoms with Crippen molar-refractivity contribution in [2.75, 3.05) is 37.2 Å². The van der Waals surface area contributed by atoms with E-state index in [1.807, 2.05) is 0 Å². The first-order valence-corrected chi connectivity index (χ1v) is 7.94. The summed E-state index contributed by atoms with van der Waals surface area (Å²) in [4.78, 5) is 32.0.